The first kappa shape index (κ1) is 14.3. The van der Waals surface area contributed by atoms with Gasteiger partial charge in [0.25, 0.3) is 0 Å². The molecule has 5 rings (SSSR count). The van der Waals surface area contributed by atoms with Crippen molar-refractivity contribution in [3.63, 3.8) is 0 Å². The van der Waals surface area contributed by atoms with E-state index in [1.54, 1.807) is 12.2 Å². The fourth-order valence-corrected chi connectivity index (χ4v) is 4.17. The van der Waals surface area contributed by atoms with Gasteiger partial charge in [-0.15, -0.1) is 0 Å². The Kier molecular flexibility index (Phi) is 2.81. The van der Waals surface area contributed by atoms with Gasteiger partial charge in [0.05, 0.1) is 36.8 Å². The highest BCUT2D eigenvalue weighted by Crippen LogP contribution is 2.55. The predicted molar refractivity (Wildman–Crippen MR) is 78.3 cm³/mol. The number of rotatable bonds is 2. The van der Waals surface area contributed by atoms with E-state index in [9.17, 15) is 14.0 Å². The van der Waals surface area contributed by atoms with E-state index >= 15 is 0 Å². The number of hydrogen-bond acceptors (Lipinski definition) is 5. The molecule has 0 spiro atoms. The van der Waals surface area contributed by atoms with Gasteiger partial charge in [0.15, 0.2) is 11.9 Å². The van der Waals surface area contributed by atoms with Crippen molar-refractivity contribution in [2.45, 2.75) is 18.0 Å². The van der Waals surface area contributed by atoms with Crippen LogP contribution in [0.2, 0.25) is 0 Å². The quantitative estimate of drug-likeness (QED) is 0.598. The molecule has 1 aromatic rings. The summed E-state index contributed by atoms with van der Waals surface area (Å²) in [6, 6.07) is 5.31. The highest BCUT2D eigenvalue weighted by molar-refractivity contribution is 6.23. The number of carbonyl (C=O) groups excluding carboxylic acids is 2. The van der Waals surface area contributed by atoms with Crippen molar-refractivity contribution in [2.75, 3.05) is 18.1 Å². The molecule has 4 aliphatic heterocycles. The van der Waals surface area contributed by atoms with Crippen LogP contribution in [0, 0.1) is 17.7 Å². The molecule has 6 nitrogen and oxygen atoms in total. The van der Waals surface area contributed by atoms with Crippen molar-refractivity contribution in [1.29, 1.82) is 0 Å². The van der Waals surface area contributed by atoms with Crippen LogP contribution in [-0.4, -0.2) is 43.0 Å². The molecular formula is C17H14FNO5. The number of fused-ring (bicyclic) bond motifs is 5. The number of anilines is 1. The smallest absolute Gasteiger partial charge is 0.241 e. The molecule has 124 valence electrons. The maximum absolute atomic E-state index is 13.1. The van der Waals surface area contributed by atoms with Gasteiger partial charge in [-0.25, -0.2) is 9.29 Å². The Balaban J connectivity index is 1.56. The molecule has 3 saturated heterocycles. The molecule has 0 unspecified atom stereocenters. The molecule has 0 aromatic heterocycles. The average molecular weight is 331 g/mol. The fraction of sp³-hybridized carbons (Fsp3) is 0.412. The van der Waals surface area contributed by atoms with Crippen molar-refractivity contribution < 1.29 is 28.2 Å². The lowest BCUT2D eigenvalue weighted by molar-refractivity contribution is -0.180. The second kappa shape index (κ2) is 4.72. The van der Waals surface area contributed by atoms with E-state index in [0.29, 0.717) is 18.9 Å². The molecule has 0 aliphatic carbocycles. The largest absolute Gasteiger partial charge is 0.357 e. The van der Waals surface area contributed by atoms with Gasteiger partial charge in [0.1, 0.15) is 5.82 Å². The summed E-state index contributed by atoms with van der Waals surface area (Å²) in [6.07, 6.45) is 2.42. The predicted octanol–water partition coefficient (Wildman–Crippen LogP) is 1.01. The molecule has 4 heterocycles. The third kappa shape index (κ3) is 1.64. The van der Waals surface area contributed by atoms with Gasteiger partial charge in [-0.1, -0.05) is 6.08 Å². The fourth-order valence-electron chi connectivity index (χ4n) is 4.17. The van der Waals surface area contributed by atoms with E-state index < -0.39 is 35.6 Å². The number of nitrogens with zero attached hydrogens (tertiary/aromatic N) is 1. The number of benzene rings is 1. The summed E-state index contributed by atoms with van der Waals surface area (Å²) < 4.78 is 30.3. The third-order valence-electron chi connectivity index (χ3n) is 5.15. The molecule has 2 bridgehead atoms. The summed E-state index contributed by atoms with van der Waals surface area (Å²) in [7, 11) is 0. The normalized spacial score (nSPS) is 37.7. The number of carbonyl (C=O) groups is 2. The highest BCUT2D eigenvalue weighted by atomic mass is 19.1. The summed E-state index contributed by atoms with van der Waals surface area (Å²) >= 11 is 0. The topological polar surface area (TPSA) is 65.1 Å². The van der Waals surface area contributed by atoms with Gasteiger partial charge in [-0.05, 0) is 30.3 Å². The van der Waals surface area contributed by atoms with Gasteiger partial charge in [-0.2, -0.15) is 0 Å². The van der Waals surface area contributed by atoms with Crippen LogP contribution >= 0.6 is 0 Å². The molecule has 2 amide bonds. The van der Waals surface area contributed by atoms with Gasteiger partial charge in [-0.3, -0.25) is 9.59 Å². The van der Waals surface area contributed by atoms with Crippen molar-refractivity contribution in [2.24, 2.45) is 11.8 Å². The van der Waals surface area contributed by atoms with E-state index in [1.807, 2.05) is 0 Å². The van der Waals surface area contributed by atoms with Gasteiger partial charge >= 0.3 is 0 Å². The molecule has 7 heteroatoms. The maximum atomic E-state index is 13.1. The zero-order valence-corrected chi connectivity index (χ0v) is 12.6. The molecule has 1 aromatic carbocycles. The van der Waals surface area contributed by atoms with Crippen LogP contribution in [0.25, 0.3) is 0 Å². The number of hydrogen-bond donors (Lipinski definition) is 0. The zero-order valence-electron chi connectivity index (χ0n) is 12.6. The Morgan fingerprint density at radius 1 is 1.08 bits per heavy atom. The first-order chi connectivity index (χ1) is 11.6. The third-order valence-corrected chi connectivity index (χ3v) is 5.15. The Morgan fingerprint density at radius 2 is 1.79 bits per heavy atom. The van der Waals surface area contributed by atoms with Crippen LogP contribution in [0.3, 0.4) is 0 Å². The van der Waals surface area contributed by atoms with Crippen molar-refractivity contribution in [1.82, 2.24) is 0 Å². The summed E-state index contributed by atoms with van der Waals surface area (Å²) in [6.45, 7) is 0.852. The van der Waals surface area contributed by atoms with E-state index in [1.165, 1.54) is 24.3 Å². The summed E-state index contributed by atoms with van der Waals surface area (Å²) in [5.74, 6) is -2.39. The molecule has 4 atom stereocenters. The second-order valence-electron chi connectivity index (χ2n) is 6.36. The molecule has 3 fully saturated rings. The molecular weight excluding hydrogens is 317 g/mol. The Morgan fingerprint density at radius 3 is 2.50 bits per heavy atom. The minimum absolute atomic E-state index is 0.328. The lowest BCUT2D eigenvalue weighted by atomic mass is 9.76. The van der Waals surface area contributed by atoms with Crippen LogP contribution in [-0.2, 0) is 23.8 Å². The molecule has 4 aliphatic rings. The van der Waals surface area contributed by atoms with Crippen LogP contribution < -0.4 is 4.90 Å². The Labute approximate surface area is 136 Å². The standard InChI is InChI=1S/C17H14FNO5/c18-9-1-3-10(4-2-9)19-14(20)12-11-5-6-17(24-11,13(12)15(19)21)16-22-7-8-23-16/h1-6,11-13,16H,7-8H2/t11-,12-,13+,17-/m1/s1. The molecule has 0 saturated carbocycles. The van der Waals surface area contributed by atoms with Crippen LogP contribution in [0.4, 0.5) is 10.1 Å². The van der Waals surface area contributed by atoms with E-state index in [4.69, 9.17) is 14.2 Å². The van der Waals surface area contributed by atoms with E-state index in [-0.39, 0.29) is 11.8 Å². The molecule has 24 heavy (non-hydrogen) atoms. The van der Waals surface area contributed by atoms with Gasteiger partial charge < -0.3 is 14.2 Å². The zero-order chi connectivity index (χ0) is 16.5. The maximum Gasteiger partial charge on any atom is 0.241 e. The van der Waals surface area contributed by atoms with Crippen LogP contribution in [0.1, 0.15) is 0 Å². The summed E-state index contributed by atoms with van der Waals surface area (Å²) in [5.41, 5.74) is -0.698. The lowest BCUT2D eigenvalue weighted by Crippen LogP contribution is -2.49. The minimum atomic E-state index is -1.06. The summed E-state index contributed by atoms with van der Waals surface area (Å²) in [4.78, 5) is 27.0. The molecule has 0 radical (unpaired) electrons. The van der Waals surface area contributed by atoms with Crippen molar-refractivity contribution >= 4 is 17.5 Å². The Hall–Kier alpha value is -2.09. The average Bonchev–Trinajstić information content (AvgIpc) is 3.33. The van der Waals surface area contributed by atoms with Crippen LogP contribution in [0.15, 0.2) is 36.4 Å². The number of ether oxygens (including phenoxy) is 3. The van der Waals surface area contributed by atoms with E-state index in [0.717, 1.165) is 4.90 Å². The van der Waals surface area contributed by atoms with E-state index in [2.05, 4.69) is 0 Å². The summed E-state index contributed by atoms with van der Waals surface area (Å²) in [5, 5.41) is 0. The highest BCUT2D eigenvalue weighted by Gasteiger charge is 2.71. The van der Waals surface area contributed by atoms with Crippen LogP contribution in [0.5, 0.6) is 0 Å². The van der Waals surface area contributed by atoms with Crippen molar-refractivity contribution in [3.05, 3.63) is 42.2 Å². The number of amides is 2. The Bertz CT molecular complexity index is 757. The van der Waals surface area contributed by atoms with Crippen molar-refractivity contribution in [3.8, 4) is 0 Å². The first-order valence-corrected chi connectivity index (χ1v) is 7.85. The molecule has 0 N–H and O–H groups in total. The minimum Gasteiger partial charge on any atom is -0.357 e. The van der Waals surface area contributed by atoms with Gasteiger partial charge in [0, 0.05) is 0 Å². The second-order valence-corrected chi connectivity index (χ2v) is 6.36. The SMILES string of the molecule is O=C1[C@H]2[C@@H](C(=O)N1c1ccc(F)cc1)[C@@]1(C3OCCO3)C=C[C@H]2O1. The number of imide groups is 1. The lowest BCUT2D eigenvalue weighted by Gasteiger charge is -2.32. The monoisotopic (exact) mass is 331 g/mol. The van der Waals surface area contributed by atoms with Gasteiger partial charge in [0.2, 0.25) is 11.8 Å². The first-order valence-electron chi connectivity index (χ1n) is 7.85. The number of halogens is 1.